The number of Topliss-reactive ketones (excluding diaryl/α,β-unsaturated/α-hetero) is 8. The monoisotopic (exact) mass is 1880 g/mol. The van der Waals surface area contributed by atoms with Crippen LogP contribution in [-0.2, 0) is 111 Å². The number of rotatable bonds is 30. The lowest BCUT2D eigenvalue weighted by Gasteiger charge is -2.08. The van der Waals surface area contributed by atoms with Gasteiger partial charge in [-0.25, -0.2) is 22.7 Å². The summed E-state index contributed by atoms with van der Waals surface area (Å²) in [7, 11) is 2.13. The second-order valence-corrected chi connectivity index (χ2v) is 31.8. The summed E-state index contributed by atoms with van der Waals surface area (Å²) in [5, 5.41) is 9.03. The molecule has 1 aliphatic rings. The fourth-order valence-corrected chi connectivity index (χ4v) is 13.9. The van der Waals surface area contributed by atoms with E-state index in [4.69, 9.17) is 49.4 Å². The number of carbonyl (C=O) groups is 11. The summed E-state index contributed by atoms with van der Waals surface area (Å²) in [4.78, 5) is 130. The number of thiol groups is 8. The number of para-hydroxylation sites is 1. The normalized spacial score (nSPS) is 10.8. The van der Waals surface area contributed by atoms with Crippen LogP contribution in [0.3, 0.4) is 0 Å². The fraction of sp³-hybridized carbons (Fsp3) is 0.241. The van der Waals surface area contributed by atoms with Crippen molar-refractivity contribution >= 4 is 232 Å². The first-order valence-corrected chi connectivity index (χ1v) is 44.6. The third-order valence-electron chi connectivity index (χ3n) is 16.6. The number of esters is 1. The van der Waals surface area contributed by atoms with Crippen LogP contribution >= 0.6 is 147 Å². The van der Waals surface area contributed by atoms with Crippen molar-refractivity contribution in [3.8, 4) is 11.5 Å². The van der Waals surface area contributed by atoms with E-state index in [1.165, 1.54) is 54.8 Å². The molecule has 1 aliphatic heterocycles. The Balaban J connectivity index is 0.000000289. The van der Waals surface area contributed by atoms with Gasteiger partial charge >= 0.3 is 5.97 Å². The van der Waals surface area contributed by atoms with Crippen LogP contribution in [0.25, 0.3) is 10.9 Å². The molecule has 0 spiro atoms. The number of fused-ring (bicyclic) bond motifs is 2. The van der Waals surface area contributed by atoms with Gasteiger partial charge in [0.15, 0.2) is 0 Å². The molecule has 0 aliphatic carbocycles. The van der Waals surface area contributed by atoms with Gasteiger partial charge in [-0.2, -0.15) is 101 Å². The van der Waals surface area contributed by atoms with E-state index in [9.17, 15) is 65.5 Å². The SMILES string of the molecule is CN1C(=O)c2ccc(CC(=O)CS)cc2C1=O.COC(=O)c1sccc1CC(=O)CS.COc1ccc(CC(=O)CS)cc1Cl.COc1ccc(Cl)cc1CC(=O)CS.NS(=O)(=O)c1ccccc1CC(=O)CS.O=C(CS)Cc1ccc(F)c(Cl)c1.O=C(CS)Cc1ccccc1Cc1ccccc1.O=C(CS)Cc1cnc2ccccc2c1. The number of hydrogen-bond acceptors (Lipinski definition) is 26. The first kappa shape index (κ1) is 104. The molecule has 0 radical (unpaired) electrons. The lowest BCUT2D eigenvalue weighted by Crippen LogP contribution is -2.24. The van der Waals surface area contributed by atoms with Gasteiger partial charge in [-0.3, -0.25) is 57.8 Å². The van der Waals surface area contributed by atoms with Gasteiger partial charge in [0.1, 0.15) is 68.5 Å². The molecule has 2 N–H and O–H groups in total. The van der Waals surface area contributed by atoms with Crippen LogP contribution in [0.15, 0.2) is 205 Å². The molecule has 11 rings (SSSR count). The van der Waals surface area contributed by atoms with Crippen molar-refractivity contribution in [3.05, 3.63) is 292 Å². The lowest BCUT2D eigenvalue weighted by molar-refractivity contribution is -0.116. The number of nitrogens with zero attached hydrogens (tertiary/aromatic N) is 2. The smallest absolute Gasteiger partial charge is 0.348 e. The second kappa shape index (κ2) is 55.9. The molecule has 33 heteroatoms. The zero-order chi connectivity index (χ0) is 89.0. The fourth-order valence-electron chi connectivity index (χ4n) is 10.7. The number of primary sulfonamides is 1. The Morgan fingerprint density at radius 1 is 0.433 bits per heavy atom. The molecule has 0 bridgehead atoms. The Bertz CT molecular complexity index is 5300. The van der Waals surface area contributed by atoms with Gasteiger partial charge < -0.3 is 14.2 Å². The van der Waals surface area contributed by atoms with Crippen molar-refractivity contribution in [2.45, 2.75) is 62.7 Å². The van der Waals surface area contributed by atoms with Crippen LogP contribution < -0.4 is 14.6 Å². The van der Waals surface area contributed by atoms with Gasteiger partial charge in [0.05, 0.1) is 52.9 Å². The van der Waals surface area contributed by atoms with Crippen molar-refractivity contribution in [3.63, 3.8) is 0 Å². The minimum absolute atomic E-state index is 0.000123. The Morgan fingerprint density at radius 2 is 0.867 bits per heavy atom. The summed E-state index contributed by atoms with van der Waals surface area (Å²) >= 11 is 49.8. The van der Waals surface area contributed by atoms with Crippen LogP contribution in [0, 0.1) is 5.82 Å². The number of carbonyl (C=O) groups excluding carboxylic acids is 11. The number of pyridine rings is 1. The van der Waals surface area contributed by atoms with Gasteiger partial charge in [-0.1, -0.05) is 144 Å². The van der Waals surface area contributed by atoms with Crippen LogP contribution in [0.1, 0.15) is 86.0 Å². The molecule has 8 aromatic carbocycles. The number of hydrogen-bond donors (Lipinski definition) is 9. The molecule has 0 saturated heterocycles. The maximum absolute atomic E-state index is 12.7. The third-order valence-corrected chi connectivity index (χ3v) is 22.2. The average molecular weight is 1880 g/mol. The summed E-state index contributed by atoms with van der Waals surface area (Å²) < 4.78 is 49.7. The number of benzene rings is 8. The van der Waals surface area contributed by atoms with E-state index >= 15 is 0 Å². The number of imide groups is 1. The first-order chi connectivity index (χ1) is 57.2. The van der Waals surface area contributed by atoms with Crippen LogP contribution in [0.4, 0.5) is 4.39 Å². The summed E-state index contributed by atoms with van der Waals surface area (Å²) in [5.74, 6) is 1.79. The van der Waals surface area contributed by atoms with E-state index in [1.807, 2.05) is 72.8 Å². The van der Waals surface area contributed by atoms with E-state index in [0.717, 1.165) is 55.6 Å². The topological polar surface area (TPSA) is 292 Å². The van der Waals surface area contributed by atoms with E-state index in [2.05, 4.69) is 129 Å². The molecule has 10 aromatic rings. The molecular formula is C87H89Cl3FN3O16S10. The molecule has 0 saturated carbocycles. The standard InChI is InChI=1S/C16H16OS.C12H11NO3S.C12H11NOS.2C10H11ClO2S.C9H8ClFOS.C9H11NO3S2.C9H10O3S2/c17-16(12-18)11-15-9-5-4-8-14(15)10-13-6-2-1-3-7-13;1-13-11(15)9-3-2-7(4-8(14)6-17)5-10(9)12(13)16;14-11(8-15)6-9-5-10-3-1-2-4-12(10)13-7-9;1-13-10-3-2-8(11)4-7(10)5-9(12)6-14;1-13-10-3-2-7(5-9(10)11)4-8(12)6-14;10-8-4-6(1-2-9(8)11)3-7(12)5-13;10-15(12,13)9-4-2-1-3-7(9)5-8(11)6-14;1-12-9(11)8-6(2-3-14-8)4-7(10)5-13/h1-9,18H,10-12H2;2-3,5,17H,4,6H2,1H3;1-5,7,15H,6,8H2;2-4,14H,5-6H2,1H3;2-3,5,14H,4,6H2,1H3;1-2,4,13H,3,5H2;1-4,14H,5-6H2,(H2,10,12,13);2-3,13H,4-5H2,1H3. The van der Waals surface area contributed by atoms with Crippen molar-refractivity contribution in [1.82, 2.24) is 9.88 Å². The van der Waals surface area contributed by atoms with Crippen molar-refractivity contribution < 1.29 is 79.8 Å². The van der Waals surface area contributed by atoms with Gasteiger partial charge in [0, 0.05) is 127 Å². The van der Waals surface area contributed by atoms with Gasteiger partial charge in [-0.15, -0.1) is 11.3 Å². The lowest BCUT2D eigenvalue weighted by atomic mass is 9.97. The van der Waals surface area contributed by atoms with Gasteiger partial charge in [0.2, 0.25) is 10.0 Å². The van der Waals surface area contributed by atoms with E-state index < -0.39 is 15.8 Å². The maximum atomic E-state index is 12.7. The number of amides is 2. The molecule has 2 aromatic heterocycles. The molecule has 636 valence electrons. The number of aromatic nitrogens is 1. The molecule has 0 unspecified atom stereocenters. The van der Waals surface area contributed by atoms with Crippen molar-refractivity contribution in [2.24, 2.45) is 5.14 Å². The number of methoxy groups -OCH3 is 3. The number of halogens is 4. The molecule has 0 atom stereocenters. The third kappa shape index (κ3) is 36.9. The minimum atomic E-state index is -3.76. The number of thiophene rings is 1. The van der Waals surface area contributed by atoms with E-state index in [-0.39, 0.29) is 140 Å². The summed E-state index contributed by atoms with van der Waals surface area (Å²) in [6, 6.07) is 56.0. The Morgan fingerprint density at radius 3 is 1.39 bits per heavy atom. The Labute approximate surface area is 760 Å². The first-order valence-electron chi connectivity index (χ1n) is 36.0. The van der Waals surface area contributed by atoms with E-state index in [0.29, 0.717) is 80.1 Å². The quantitative estimate of drug-likeness (QED) is 0.0115. The maximum Gasteiger partial charge on any atom is 0.348 e. The predicted octanol–water partition coefficient (Wildman–Crippen LogP) is 15.8. The van der Waals surface area contributed by atoms with Crippen LogP contribution in [-0.4, -0.2) is 157 Å². The van der Waals surface area contributed by atoms with Crippen LogP contribution in [0.5, 0.6) is 11.5 Å². The second-order valence-electron chi connectivity index (χ2n) is 25.6. The van der Waals surface area contributed by atoms with Gasteiger partial charge in [0.25, 0.3) is 11.8 Å². The summed E-state index contributed by atoms with van der Waals surface area (Å²) in [5.41, 5.74) is 10.6. The molecule has 120 heavy (non-hydrogen) atoms. The number of sulfonamides is 1. The molecule has 2 amide bonds. The minimum Gasteiger partial charge on any atom is -0.496 e. The largest absolute Gasteiger partial charge is 0.496 e. The van der Waals surface area contributed by atoms with Crippen molar-refractivity contribution in [1.29, 1.82) is 0 Å². The highest BCUT2D eigenvalue weighted by Gasteiger charge is 2.33. The highest BCUT2D eigenvalue weighted by Crippen LogP contribution is 2.28. The number of ether oxygens (including phenoxy) is 3. The number of ketones is 8. The Kier molecular flexibility index (Phi) is 48.6. The highest BCUT2D eigenvalue weighted by molar-refractivity contribution is 7.89. The zero-order valence-electron chi connectivity index (χ0n) is 65.5. The van der Waals surface area contributed by atoms with Crippen molar-refractivity contribution in [2.75, 3.05) is 74.4 Å². The highest BCUT2D eigenvalue weighted by atomic mass is 35.5. The summed E-state index contributed by atoms with van der Waals surface area (Å²) in [6.45, 7) is 0. The molecular weight excluding hydrogens is 1790 g/mol. The number of nitrogens with two attached hydrogens (primary N) is 1. The average Bonchev–Trinajstić information content (AvgIpc) is 1.64. The van der Waals surface area contributed by atoms with Crippen LogP contribution in [0.2, 0.25) is 15.1 Å². The molecule has 0 fully saturated rings. The van der Waals surface area contributed by atoms with E-state index in [1.54, 1.807) is 105 Å². The van der Waals surface area contributed by atoms with Gasteiger partial charge in [-0.05, 0) is 141 Å². The molecule has 3 heterocycles. The zero-order valence-corrected chi connectivity index (χ0v) is 76.5. The predicted molar refractivity (Wildman–Crippen MR) is 502 cm³/mol. The Hall–Kier alpha value is -8.05. The summed E-state index contributed by atoms with van der Waals surface area (Å²) in [6.07, 6.45) is 4.98. The molecule has 19 nitrogen and oxygen atoms in total.